The summed E-state index contributed by atoms with van der Waals surface area (Å²) in [7, 11) is 0. The summed E-state index contributed by atoms with van der Waals surface area (Å²) >= 11 is 1.52. The van der Waals surface area contributed by atoms with Crippen LogP contribution in [0.25, 0.3) is 0 Å². The molecule has 2 aromatic carbocycles. The molecule has 0 saturated carbocycles. The minimum absolute atomic E-state index is 0.138. The van der Waals surface area contributed by atoms with Crippen LogP contribution in [0.15, 0.2) is 66.0 Å². The summed E-state index contributed by atoms with van der Waals surface area (Å²) in [5.41, 5.74) is 1.69. The smallest absolute Gasteiger partial charge is 0.258 e. The molecule has 3 aromatic rings. The predicted molar refractivity (Wildman–Crippen MR) is 102 cm³/mol. The fourth-order valence-corrected chi connectivity index (χ4v) is 3.38. The number of benzene rings is 2. The molecule has 4 nitrogen and oxygen atoms in total. The minimum Gasteiger partial charge on any atom is -0.484 e. The summed E-state index contributed by atoms with van der Waals surface area (Å²) in [4.78, 5) is 13.3. The van der Waals surface area contributed by atoms with Crippen molar-refractivity contribution in [2.75, 3.05) is 6.61 Å². The topological polar surface area (TPSA) is 62.1 Å². The fraction of sp³-hybridized carbons (Fsp3) is 0.143. The Morgan fingerprint density at radius 1 is 1.15 bits per heavy atom. The van der Waals surface area contributed by atoms with E-state index >= 15 is 0 Å². The van der Waals surface area contributed by atoms with Gasteiger partial charge in [-0.15, -0.1) is 11.3 Å². The Bertz CT molecular complexity index is 916. The van der Waals surface area contributed by atoms with Gasteiger partial charge in [0.15, 0.2) is 6.61 Å². The van der Waals surface area contributed by atoms with E-state index in [9.17, 15) is 9.18 Å². The van der Waals surface area contributed by atoms with Gasteiger partial charge in [-0.3, -0.25) is 4.79 Å². The Kier molecular flexibility index (Phi) is 6.18. The number of carbonyl (C=O) groups is 1. The monoisotopic (exact) mass is 380 g/mol. The van der Waals surface area contributed by atoms with E-state index in [1.165, 1.54) is 23.5 Å². The molecular formula is C21H17FN2O2S. The molecule has 1 atom stereocenters. The van der Waals surface area contributed by atoms with Gasteiger partial charge in [0.1, 0.15) is 11.6 Å². The number of nitrogens with one attached hydrogen (secondary N) is 1. The zero-order chi connectivity index (χ0) is 19.1. The van der Waals surface area contributed by atoms with Gasteiger partial charge in [0, 0.05) is 4.88 Å². The molecule has 1 N–H and O–H groups in total. The molecule has 0 saturated heterocycles. The van der Waals surface area contributed by atoms with Crippen molar-refractivity contribution in [3.63, 3.8) is 0 Å². The number of hydrogen-bond acceptors (Lipinski definition) is 4. The Labute approximate surface area is 160 Å². The maximum atomic E-state index is 13.2. The lowest BCUT2D eigenvalue weighted by molar-refractivity contribution is -0.123. The lowest BCUT2D eigenvalue weighted by Crippen LogP contribution is -2.32. The molecule has 0 aliphatic heterocycles. The second-order valence-electron chi connectivity index (χ2n) is 5.84. The molecule has 6 heteroatoms. The van der Waals surface area contributed by atoms with E-state index in [1.807, 2.05) is 17.5 Å². The molecule has 3 rings (SSSR count). The van der Waals surface area contributed by atoms with Gasteiger partial charge in [-0.2, -0.15) is 5.26 Å². The van der Waals surface area contributed by atoms with E-state index in [4.69, 9.17) is 10.00 Å². The third-order valence-electron chi connectivity index (χ3n) is 3.91. The average Bonchev–Trinajstić information content (AvgIpc) is 3.21. The average molecular weight is 380 g/mol. The largest absolute Gasteiger partial charge is 0.484 e. The van der Waals surface area contributed by atoms with Crippen molar-refractivity contribution in [1.29, 1.82) is 5.26 Å². The maximum absolute atomic E-state index is 13.2. The quantitative estimate of drug-likeness (QED) is 0.667. The molecule has 0 radical (unpaired) electrons. The number of rotatable bonds is 7. The predicted octanol–water partition coefficient (Wildman–Crippen LogP) is 4.24. The standard InChI is InChI=1S/C21H17FN2O2S/c22-17-7-5-16(6-8-17)21(19-2-1-13-27-19)24-20(25)14-26-18-9-3-15(4-10-18)11-12-23/h1-10,13,21H,11,14H2,(H,24,25). The van der Waals surface area contributed by atoms with Gasteiger partial charge in [0.25, 0.3) is 5.91 Å². The summed E-state index contributed by atoms with van der Waals surface area (Å²) in [6.45, 7) is -0.138. The highest BCUT2D eigenvalue weighted by Gasteiger charge is 2.18. The number of carbonyl (C=O) groups excluding carboxylic acids is 1. The molecule has 0 fully saturated rings. The molecule has 1 amide bonds. The third-order valence-corrected chi connectivity index (χ3v) is 4.85. The van der Waals surface area contributed by atoms with Crippen LogP contribution in [0.5, 0.6) is 5.75 Å². The van der Waals surface area contributed by atoms with E-state index in [2.05, 4.69) is 11.4 Å². The van der Waals surface area contributed by atoms with Gasteiger partial charge in [-0.1, -0.05) is 30.3 Å². The van der Waals surface area contributed by atoms with E-state index < -0.39 is 0 Å². The SMILES string of the molecule is N#CCc1ccc(OCC(=O)NC(c2ccc(F)cc2)c2cccs2)cc1. The van der Waals surface area contributed by atoms with Crippen LogP contribution >= 0.6 is 11.3 Å². The number of nitrogens with zero attached hydrogens (tertiary/aromatic N) is 1. The second kappa shape index (κ2) is 8.97. The third kappa shape index (κ3) is 5.16. The number of amides is 1. The lowest BCUT2D eigenvalue weighted by atomic mass is 10.1. The molecule has 0 bridgehead atoms. The Hall–Kier alpha value is -3.17. The maximum Gasteiger partial charge on any atom is 0.258 e. The molecule has 136 valence electrons. The summed E-state index contributed by atoms with van der Waals surface area (Å²) in [5, 5.41) is 13.5. The number of thiophene rings is 1. The Balaban J connectivity index is 1.64. The number of hydrogen-bond donors (Lipinski definition) is 1. The van der Waals surface area contributed by atoms with Crippen LogP contribution in [0.3, 0.4) is 0 Å². The molecule has 0 spiro atoms. The van der Waals surface area contributed by atoms with Crippen molar-refractivity contribution in [2.24, 2.45) is 0 Å². The van der Waals surface area contributed by atoms with Crippen LogP contribution < -0.4 is 10.1 Å². The number of nitriles is 1. The summed E-state index contributed by atoms with van der Waals surface area (Å²) in [5.74, 6) is -0.0432. The van der Waals surface area contributed by atoms with Gasteiger partial charge in [0.05, 0.1) is 18.5 Å². The summed E-state index contributed by atoms with van der Waals surface area (Å²) in [6, 6.07) is 18.7. The highest BCUT2D eigenvalue weighted by atomic mass is 32.1. The van der Waals surface area contributed by atoms with Crippen LogP contribution in [-0.2, 0) is 11.2 Å². The van der Waals surface area contributed by atoms with Crippen molar-refractivity contribution in [3.8, 4) is 11.8 Å². The van der Waals surface area contributed by atoms with Crippen molar-refractivity contribution < 1.29 is 13.9 Å². The van der Waals surface area contributed by atoms with Gasteiger partial charge >= 0.3 is 0 Å². The molecule has 0 aliphatic rings. The Morgan fingerprint density at radius 3 is 2.52 bits per heavy atom. The van der Waals surface area contributed by atoms with E-state index in [-0.39, 0.29) is 24.4 Å². The zero-order valence-electron chi connectivity index (χ0n) is 14.4. The fourth-order valence-electron chi connectivity index (χ4n) is 2.58. The Morgan fingerprint density at radius 2 is 1.89 bits per heavy atom. The van der Waals surface area contributed by atoms with Gasteiger partial charge in [-0.25, -0.2) is 4.39 Å². The number of ether oxygens (including phenoxy) is 1. The van der Waals surface area contributed by atoms with Crippen LogP contribution in [-0.4, -0.2) is 12.5 Å². The van der Waals surface area contributed by atoms with Gasteiger partial charge in [0.2, 0.25) is 0 Å². The van der Waals surface area contributed by atoms with E-state index in [0.717, 1.165) is 16.0 Å². The molecule has 1 aromatic heterocycles. The van der Waals surface area contributed by atoms with Crippen molar-refractivity contribution in [3.05, 3.63) is 87.9 Å². The van der Waals surface area contributed by atoms with E-state index in [0.29, 0.717) is 12.2 Å². The highest BCUT2D eigenvalue weighted by molar-refractivity contribution is 7.10. The van der Waals surface area contributed by atoms with Crippen molar-refractivity contribution in [2.45, 2.75) is 12.5 Å². The van der Waals surface area contributed by atoms with Crippen LogP contribution in [0.4, 0.5) is 4.39 Å². The first-order chi connectivity index (χ1) is 13.2. The molecule has 1 unspecified atom stereocenters. The normalized spacial score (nSPS) is 11.4. The highest BCUT2D eigenvalue weighted by Crippen LogP contribution is 2.26. The van der Waals surface area contributed by atoms with Crippen molar-refractivity contribution in [1.82, 2.24) is 5.32 Å². The lowest BCUT2D eigenvalue weighted by Gasteiger charge is -2.18. The molecular weight excluding hydrogens is 363 g/mol. The molecule has 27 heavy (non-hydrogen) atoms. The minimum atomic E-state index is -0.361. The first kappa shape index (κ1) is 18.6. The van der Waals surface area contributed by atoms with Crippen LogP contribution in [0.1, 0.15) is 22.0 Å². The molecule has 0 aliphatic carbocycles. The summed E-state index contributed by atoms with van der Waals surface area (Å²) in [6.07, 6.45) is 0.334. The van der Waals surface area contributed by atoms with Crippen LogP contribution in [0.2, 0.25) is 0 Å². The second-order valence-corrected chi connectivity index (χ2v) is 6.81. The first-order valence-electron chi connectivity index (χ1n) is 8.32. The first-order valence-corrected chi connectivity index (χ1v) is 9.20. The summed E-state index contributed by atoms with van der Waals surface area (Å²) < 4.78 is 18.7. The van der Waals surface area contributed by atoms with E-state index in [1.54, 1.807) is 36.4 Å². The van der Waals surface area contributed by atoms with Crippen LogP contribution in [0, 0.1) is 17.1 Å². The zero-order valence-corrected chi connectivity index (χ0v) is 15.2. The van der Waals surface area contributed by atoms with Gasteiger partial charge < -0.3 is 10.1 Å². The number of halogens is 1. The molecule has 1 heterocycles. The van der Waals surface area contributed by atoms with Gasteiger partial charge in [-0.05, 0) is 46.8 Å². The van der Waals surface area contributed by atoms with Crippen molar-refractivity contribution >= 4 is 17.2 Å².